The number of hydrogen-bond donors (Lipinski definition) is 6. The molecular weight excluding hydrogens is 433 g/mol. The molecule has 1 unspecified atom stereocenters. The van der Waals surface area contributed by atoms with Gasteiger partial charge < -0.3 is 29.6 Å². The zero-order chi connectivity index (χ0) is 24.2. The van der Waals surface area contributed by atoms with Crippen LogP contribution in [0.3, 0.4) is 0 Å². The summed E-state index contributed by atoms with van der Waals surface area (Å²) in [6.45, 7) is -4.34. The van der Waals surface area contributed by atoms with Crippen molar-refractivity contribution in [2.24, 2.45) is 0 Å². The number of halogens is 1. The summed E-state index contributed by atoms with van der Waals surface area (Å²) in [5.74, 6) is -2.63. The summed E-state index contributed by atoms with van der Waals surface area (Å²) in [6, 6.07) is 0. The largest absolute Gasteiger partial charge is 0.481 e. The van der Waals surface area contributed by atoms with Crippen LogP contribution in [0.15, 0.2) is 15.8 Å². The van der Waals surface area contributed by atoms with E-state index < -0.39 is 63.3 Å². The predicted molar refractivity (Wildman–Crippen MR) is 84.1 cm³/mol. The summed E-state index contributed by atoms with van der Waals surface area (Å²) in [4.78, 5) is 51.5. The molecule has 6 N–H and O–H groups in total. The van der Waals surface area contributed by atoms with E-state index in [-0.39, 0.29) is 4.57 Å². The molecule has 1 aliphatic heterocycles. The average Bonchev–Trinajstić information content (AvgIpc) is 2.74. The number of aromatic nitrogens is 2. The van der Waals surface area contributed by atoms with Crippen LogP contribution in [0.5, 0.6) is 0 Å². The van der Waals surface area contributed by atoms with Crippen molar-refractivity contribution in [3.05, 3.63) is 32.6 Å². The molecule has 0 bridgehead atoms. The van der Waals surface area contributed by atoms with Crippen molar-refractivity contribution in [2.75, 3.05) is 6.56 Å². The molecule has 156 valence electrons. The standard InChI is InChI=1S/C11H13FN2O12P2/c1-2-5-3-14(10(18)13-8(5)17)9-6(15)7(16)11(12,25-9)4-24-28(22,23)26-27(19,20)21/h1,3,6-7,9,15-16H,4H2,(H,22,23)(H,13,17,18)(H2,19,20,21)/t6-,7+,9-,11-/m1/s1/i4D2,9D. The molecule has 2 rings (SSSR count). The minimum atomic E-state index is -6.07. The molecule has 28 heavy (non-hydrogen) atoms. The summed E-state index contributed by atoms with van der Waals surface area (Å²) in [6.07, 6.45) is -3.88. The molecule has 17 heteroatoms. The van der Waals surface area contributed by atoms with Crippen molar-refractivity contribution >= 4 is 15.6 Å². The number of nitrogens with zero attached hydrogens (tertiary/aromatic N) is 1. The van der Waals surface area contributed by atoms with Crippen LogP contribution in [-0.2, 0) is 22.7 Å². The van der Waals surface area contributed by atoms with E-state index in [0.29, 0.717) is 6.20 Å². The van der Waals surface area contributed by atoms with Crippen LogP contribution in [0.25, 0.3) is 0 Å². The first-order chi connectivity index (χ1) is 13.8. The third-order valence-corrected chi connectivity index (χ3v) is 5.03. The molecule has 0 amide bonds. The molecule has 0 aromatic carbocycles. The van der Waals surface area contributed by atoms with Gasteiger partial charge >= 0.3 is 21.3 Å². The van der Waals surface area contributed by atoms with E-state index in [2.05, 4.69) is 13.6 Å². The van der Waals surface area contributed by atoms with Gasteiger partial charge in [-0.15, -0.1) is 6.42 Å². The Morgan fingerprint density at radius 3 is 2.61 bits per heavy atom. The molecule has 1 aromatic rings. The third-order valence-electron chi connectivity index (χ3n) is 3.03. The predicted octanol–water partition coefficient (Wildman–Crippen LogP) is -2.34. The number of hydrogen-bond acceptors (Lipinski definition) is 9. The average molecular weight is 449 g/mol. The summed E-state index contributed by atoms with van der Waals surface area (Å²) in [7, 11) is -11.8. The van der Waals surface area contributed by atoms with Crippen molar-refractivity contribution in [3.63, 3.8) is 0 Å². The number of phosphoric acid groups is 2. The van der Waals surface area contributed by atoms with Gasteiger partial charge in [0.1, 0.15) is 24.3 Å². The van der Waals surface area contributed by atoms with Gasteiger partial charge in [-0.05, 0) is 0 Å². The minimum absolute atomic E-state index is 0.0143. The highest BCUT2D eigenvalue weighted by molar-refractivity contribution is 7.60. The van der Waals surface area contributed by atoms with E-state index in [0.717, 1.165) is 0 Å². The maximum absolute atomic E-state index is 15.3. The van der Waals surface area contributed by atoms with Crippen LogP contribution >= 0.6 is 15.6 Å². The number of alkyl halides is 1. The van der Waals surface area contributed by atoms with Crippen molar-refractivity contribution in [3.8, 4) is 12.3 Å². The lowest BCUT2D eigenvalue weighted by Crippen LogP contribution is -2.43. The highest BCUT2D eigenvalue weighted by atomic mass is 31.3. The Labute approximate surface area is 158 Å². The Morgan fingerprint density at radius 2 is 2.07 bits per heavy atom. The molecule has 1 saturated heterocycles. The van der Waals surface area contributed by atoms with Crippen molar-refractivity contribution in [2.45, 2.75) is 24.3 Å². The number of aliphatic hydroxyl groups is 2. The summed E-state index contributed by atoms with van der Waals surface area (Å²) in [5, 5.41) is 20.1. The second-order valence-corrected chi connectivity index (χ2v) is 7.78. The molecule has 0 aliphatic carbocycles. The molecule has 0 spiro atoms. The van der Waals surface area contributed by atoms with E-state index in [1.54, 1.807) is 10.9 Å². The number of terminal acetylenes is 1. The van der Waals surface area contributed by atoms with Crippen LogP contribution in [0.2, 0.25) is 0 Å². The molecular formula is C11H13FN2O12P2. The maximum Gasteiger partial charge on any atom is 0.481 e. The lowest BCUT2D eigenvalue weighted by atomic mass is 10.1. The molecule has 0 saturated carbocycles. The van der Waals surface area contributed by atoms with Crippen molar-refractivity contribution in [1.82, 2.24) is 9.55 Å². The summed E-state index contributed by atoms with van der Waals surface area (Å²) < 4.78 is 72.0. The van der Waals surface area contributed by atoms with Gasteiger partial charge in [-0.25, -0.2) is 18.3 Å². The van der Waals surface area contributed by atoms with Gasteiger partial charge in [-0.3, -0.25) is 18.9 Å². The van der Waals surface area contributed by atoms with Gasteiger partial charge in [0.05, 0.1) is 4.11 Å². The smallest absolute Gasteiger partial charge is 0.385 e. The lowest BCUT2D eigenvalue weighted by molar-refractivity contribution is -0.205. The molecule has 5 atom stereocenters. The first-order valence-corrected chi connectivity index (χ1v) is 9.71. The summed E-state index contributed by atoms with van der Waals surface area (Å²) >= 11 is 0. The van der Waals surface area contributed by atoms with Gasteiger partial charge in [0.2, 0.25) is 0 Å². The van der Waals surface area contributed by atoms with E-state index in [9.17, 15) is 33.8 Å². The van der Waals surface area contributed by atoms with E-state index in [1.807, 2.05) is 0 Å². The maximum atomic E-state index is 15.3. The molecule has 14 nitrogen and oxygen atoms in total. The van der Waals surface area contributed by atoms with Gasteiger partial charge in [-0.2, -0.15) is 4.31 Å². The van der Waals surface area contributed by atoms with Gasteiger partial charge in [0, 0.05) is 6.20 Å². The topological polar surface area (TPSA) is 218 Å². The third kappa shape index (κ3) is 4.83. The van der Waals surface area contributed by atoms with Crippen molar-refractivity contribution < 1.29 is 56.1 Å². The van der Waals surface area contributed by atoms with Gasteiger partial charge in [-0.1, -0.05) is 5.92 Å². The molecule has 1 aromatic heterocycles. The lowest BCUT2D eigenvalue weighted by Gasteiger charge is -2.23. The zero-order valence-corrected chi connectivity index (χ0v) is 14.9. The molecule has 1 aliphatic rings. The first kappa shape index (κ1) is 18.3. The van der Waals surface area contributed by atoms with E-state index in [1.165, 1.54) is 0 Å². The van der Waals surface area contributed by atoms with Crippen LogP contribution < -0.4 is 11.2 Å². The number of aliphatic hydroxyl groups excluding tert-OH is 2. The number of phosphoric ester groups is 1. The Morgan fingerprint density at radius 1 is 1.46 bits per heavy atom. The second-order valence-electron chi connectivity index (χ2n) is 5.03. The number of nitrogens with one attached hydrogen (secondary N) is 1. The van der Waals surface area contributed by atoms with Crippen LogP contribution in [0.4, 0.5) is 4.39 Å². The Bertz CT molecular complexity index is 1150. The van der Waals surface area contributed by atoms with E-state index in [4.69, 9.17) is 20.3 Å². The van der Waals surface area contributed by atoms with Crippen LogP contribution in [0.1, 0.15) is 15.9 Å². The highest BCUT2D eigenvalue weighted by Gasteiger charge is 2.57. The van der Waals surface area contributed by atoms with Crippen LogP contribution in [0, 0.1) is 12.3 Å². The van der Waals surface area contributed by atoms with Gasteiger partial charge in [0.15, 0.2) is 6.20 Å². The Hall–Kier alpha value is -1.69. The Balaban J connectivity index is 2.55. The minimum Gasteiger partial charge on any atom is -0.385 e. The van der Waals surface area contributed by atoms with E-state index >= 15 is 4.39 Å². The molecule has 1 fully saturated rings. The molecule has 2 heterocycles. The number of rotatable bonds is 6. The Kier molecular flexibility index (Phi) is 4.99. The second kappa shape index (κ2) is 7.62. The highest BCUT2D eigenvalue weighted by Crippen LogP contribution is 2.58. The van der Waals surface area contributed by atoms with Crippen LogP contribution in [-0.4, -0.2) is 59.1 Å². The number of ether oxygens (including phenoxy) is 1. The fourth-order valence-electron chi connectivity index (χ4n) is 1.89. The normalized spacial score (nSPS) is 34.7. The first-order valence-electron chi connectivity index (χ1n) is 8.18. The van der Waals surface area contributed by atoms with Gasteiger partial charge in [0.25, 0.3) is 11.4 Å². The van der Waals surface area contributed by atoms with Crippen molar-refractivity contribution in [1.29, 1.82) is 0 Å². The number of aromatic amines is 1. The SMILES string of the molecule is [2H]C([2H])(OP(=O)(O)OP(=O)(O)O)[C@@]1(F)O[C@@]([2H])(n2cc(C#C)c(=O)[nH]c2=O)[C@H](O)[C@@H]1O. The molecule has 0 radical (unpaired) electrons. The fourth-order valence-corrected chi connectivity index (χ4v) is 3.34. The monoisotopic (exact) mass is 449 g/mol. The fraction of sp³-hybridized carbons (Fsp3) is 0.455. The number of H-pyrrole nitrogens is 1. The zero-order valence-electron chi connectivity index (χ0n) is 16.1. The quantitative estimate of drug-likeness (QED) is 0.199. The summed E-state index contributed by atoms with van der Waals surface area (Å²) in [5.41, 5.74) is -3.27.